The fourth-order valence-corrected chi connectivity index (χ4v) is 3.32. The van der Waals surface area contributed by atoms with Gasteiger partial charge in [0.1, 0.15) is 11.3 Å². The molecule has 1 aromatic rings. The smallest absolute Gasteiger partial charge is 0.339 e. The maximum atomic E-state index is 11.0. The quantitative estimate of drug-likeness (QED) is 0.850. The number of furan rings is 1. The van der Waals surface area contributed by atoms with Gasteiger partial charge in [0.15, 0.2) is 0 Å². The number of aliphatic hydroxyl groups excluding tert-OH is 1. The maximum Gasteiger partial charge on any atom is 0.339 e. The highest BCUT2D eigenvalue weighted by Crippen LogP contribution is 2.37. The van der Waals surface area contributed by atoms with Crippen LogP contribution >= 0.6 is 0 Å². The molecule has 2 unspecified atom stereocenters. The van der Waals surface area contributed by atoms with Gasteiger partial charge in [0.25, 0.3) is 0 Å². The van der Waals surface area contributed by atoms with Crippen LogP contribution in [0.2, 0.25) is 0 Å². The first kappa shape index (κ1) is 11.7. The Morgan fingerprint density at radius 2 is 2.06 bits per heavy atom. The van der Waals surface area contributed by atoms with Crippen molar-refractivity contribution in [3.8, 4) is 0 Å². The molecule has 0 saturated carbocycles. The van der Waals surface area contributed by atoms with Gasteiger partial charge >= 0.3 is 5.97 Å². The van der Waals surface area contributed by atoms with Crippen LogP contribution in [-0.2, 0) is 6.54 Å². The maximum absolute atomic E-state index is 11.0. The molecule has 0 aromatic carbocycles. The van der Waals surface area contributed by atoms with Crippen molar-refractivity contribution < 1.29 is 19.4 Å². The van der Waals surface area contributed by atoms with Gasteiger partial charge in [-0.05, 0) is 31.7 Å². The van der Waals surface area contributed by atoms with Crippen LogP contribution in [0.1, 0.15) is 41.8 Å². The van der Waals surface area contributed by atoms with E-state index in [-0.39, 0.29) is 11.7 Å². The average Bonchev–Trinajstić information content (AvgIpc) is 2.85. The zero-order valence-corrected chi connectivity index (χ0v) is 10.1. The fourth-order valence-electron chi connectivity index (χ4n) is 3.32. The van der Waals surface area contributed by atoms with Crippen molar-refractivity contribution >= 4 is 5.97 Å². The molecule has 18 heavy (non-hydrogen) atoms. The molecule has 0 amide bonds. The number of rotatable bonds is 3. The van der Waals surface area contributed by atoms with Crippen LogP contribution < -0.4 is 0 Å². The number of nitrogens with zero attached hydrogens (tertiary/aromatic N) is 1. The topological polar surface area (TPSA) is 73.9 Å². The van der Waals surface area contributed by atoms with E-state index in [1.807, 2.05) is 0 Å². The van der Waals surface area contributed by atoms with E-state index in [9.17, 15) is 9.90 Å². The number of carbonyl (C=O) groups is 1. The lowest BCUT2D eigenvalue weighted by molar-refractivity contribution is 0.0270. The third-order valence-corrected chi connectivity index (χ3v) is 4.16. The number of aliphatic hydroxyl groups is 1. The molecule has 1 aromatic heterocycles. The number of carboxylic acid groups (broad SMARTS) is 1. The zero-order chi connectivity index (χ0) is 12.7. The molecular weight excluding hydrogens is 234 g/mol. The Kier molecular flexibility index (Phi) is 2.87. The SMILES string of the molecule is O=C(O)c1ccoc1CN1C2CCC1CC(O)C2. The summed E-state index contributed by atoms with van der Waals surface area (Å²) in [6, 6.07) is 2.23. The first-order chi connectivity index (χ1) is 8.65. The summed E-state index contributed by atoms with van der Waals surface area (Å²) in [5.41, 5.74) is 0.250. The van der Waals surface area contributed by atoms with Crippen LogP contribution in [0.5, 0.6) is 0 Å². The first-order valence-corrected chi connectivity index (χ1v) is 6.38. The molecule has 3 rings (SSSR count). The van der Waals surface area contributed by atoms with E-state index in [1.165, 1.54) is 12.3 Å². The molecule has 0 aliphatic carbocycles. The van der Waals surface area contributed by atoms with Crippen molar-refractivity contribution in [3.63, 3.8) is 0 Å². The highest BCUT2D eigenvalue weighted by atomic mass is 16.4. The van der Waals surface area contributed by atoms with Crippen molar-refractivity contribution in [2.75, 3.05) is 0 Å². The molecule has 2 atom stereocenters. The van der Waals surface area contributed by atoms with Gasteiger partial charge in [-0.3, -0.25) is 4.90 Å². The number of piperidine rings is 1. The van der Waals surface area contributed by atoms with E-state index in [0.29, 0.717) is 24.4 Å². The lowest BCUT2D eigenvalue weighted by Gasteiger charge is -2.36. The van der Waals surface area contributed by atoms with E-state index in [0.717, 1.165) is 25.7 Å². The second-order valence-corrected chi connectivity index (χ2v) is 5.25. The van der Waals surface area contributed by atoms with Crippen LogP contribution in [0.15, 0.2) is 16.7 Å². The van der Waals surface area contributed by atoms with Crippen molar-refractivity contribution in [1.82, 2.24) is 4.90 Å². The van der Waals surface area contributed by atoms with E-state index < -0.39 is 5.97 Å². The summed E-state index contributed by atoms with van der Waals surface area (Å²) >= 11 is 0. The lowest BCUT2D eigenvalue weighted by atomic mass is 9.99. The zero-order valence-electron chi connectivity index (χ0n) is 10.1. The van der Waals surface area contributed by atoms with E-state index >= 15 is 0 Å². The largest absolute Gasteiger partial charge is 0.478 e. The van der Waals surface area contributed by atoms with Crippen molar-refractivity contribution in [2.45, 2.75) is 50.4 Å². The molecule has 2 saturated heterocycles. The second-order valence-electron chi connectivity index (χ2n) is 5.25. The third kappa shape index (κ3) is 1.93. The van der Waals surface area contributed by atoms with E-state index in [1.54, 1.807) is 0 Å². The summed E-state index contributed by atoms with van der Waals surface area (Å²) in [5.74, 6) is -0.418. The van der Waals surface area contributed by atoms with Crippen LogP contribution in [0.3, 0.4) is 0 Å². The predicted molar refractivity (Wildman–Crippen MR) is 63.3 cm³/mol. The minimum Gasteiger partial charge on any atom is -0.478 e. The normalized spacial score (nSPS) is 31.7. The molecule has 0 spiro atoms. The Hall–Kier alpha value is -1.33. The molecule has 5 heteroatoms. The third-order valence-electron chi connectivity index (χ3n) is 4.16. The molecule has 2 fully saturated rings. The Morgan fingerprint density at radius 3 is 2.67 bits per heavy atom. The Bertz CT molecular complexity index is 442. The minimum atomic E-state index is -0.942. The second kappa shape index (κ2) is 4.40. The van der Waals surface area contributed by atoms with Crippen LogP contribution in [0.25, 0.3) is 0 Å². The van der Waals surface area contributed by atoms with Gasteiger partial charge < -0.3 is 14.6 Å². The van der Waals surface area contributed by atoms with E-state index in [4.69, 9.17) is 9.52 Å². The minimum absolute atomic E-state index is 0.200. The molecule has 2 N–H and O–H groups in total. The van der Waals surface area contributed by atoms with Gasteiger partial charge in [0.2, 0.25) is 0 Å². The Labute approximate surface area is 105 Å². The number of hydrogen-bond acceptors (Lipinski definition) is 4. The van der Waals surface area contributed by atoms with Crippen LogP contribution in [0.4, 0.5) is 0 Å². The first-order valence-electron chi connectivity index (χ1n) is 6.38. The number of carboxylic acids is 1. The molecule has 2 aliphatic heterocycles. The van der Waals surface area contributed by atoms with Gasteiger partial charge in [0, 0.05) is 12.1 Å². The molecule has 2 bridgehead atoms. The standard InChI is InChI=1S/C13H17NO4/c15-10-5-8-1-2-9(6-10)14(8)7-12-11(13(16)17)3-4-18-12/h3-4,8-10,15H,1-2,5-7H2,(H,16,17). The van der Waals surface area contributed by atoms with Crippen molar-refractivity contribution in [3.05, 3.63) is 23.7 Å². The molecule has 2 aliphatic rings. The summed E-state index contributed by atoms with van der Waals surface area (Å²) in [6.07, 6.45) is 4.99. The monoisotopic (exact) mass is 251 g/mol. The number of aromatic carboxylic acids is 1. The summed E-state index contributed by atoms with van der Waals surface area (Å²) in [4.78, 5) is 13.3. The Balaban J connectivity index is 1.77. The Morgan fingerprint density at radius 1 is 1.39 bits per heavy atom. The molecule has 0 radical (unpaired) electrons. The summed E-state index contributed by atoms with van der Waals surface area (Å²) < 4.78 is 5.29. The molecule has 3 heterocycles. The predicted octanol–water partition coefficient (Wildman–Crippen LogP) is 1.47. The summed E-state index contributed by atoms with van der Waals surface area (Å²) in [7, 11) is 0. The molecule has 98 valence electrons. The highest BCUT2D eigenvalue weighted by Gasteiger charge is 2.40. The lowest BCUT2D eigenvalue weighted by Crippen LogP contribution is -2.44. The van der Waals surface area contributed by atoms with Gasteiger partial charge in [-0.1, -0.05) is 0 Å². The van der Waals surface area contributed by atoms with Crippen molar-refractivity contribution in [1.29, 1.82) is 0 Å². The number of fused-ring (bicyclic) bond motifs is 2. The van der Waals surface area contributed by atoms with Gasteiger partial charge in [-0.2, -0.15) is 0 Å². The van der Waals surface area contributed by atoms with Gasteiger partial charge in [-0.15, -0.1) is 0 Å². The highest BCUT2D eigenvalue weighted by molar-refractivity contribution is 5.88. The molecule has 5 nitrogen and oxygen atoms in total. The van der Waals surface area contributed by atoms with Crippen LogP contribution in [-0.4, -0.2) is 39.3 Å². The van der Waals surface area contributed by atoms with Gasteiger partial charge in [-0.25, -0.2) is 4.79 Å². The van der Waals surface area contributed by atoms with Gasteiger partial charge in [0.05, 0.1) is 18.9 Å². The molecular formula is C13H17NO4. The number of hydrogen-bond donors (Lipinski definition) is 2. The fraction of sp³-hybridized carbons (Fsp3) is 0.615. The summed E-state index contributed by atoms with van der Waals surface area (Å²) in [5, 5.41) is 18.8. The van der Waals surface area contributed by atoms with Crippen LogP contribution in [0, 0.1) is 0 Å². The summed E-state index contributed by atoms with van der Waals surface area (Å²) in [6.45, 7) is 0.538. The average molecular weight is 251 g/mol. The van der Waals surface area contributed by atoms with Crippen molar-refractivity contribution in [2.24, 2.45) is 0 Å². The van der Waals surface area contributed by atoms with E-state index in [2.05, 4.69) is 4.90 Å².